The molecule has 3 rings (SSSR count). The van der Waals surface area contributed by atoms with E-state index in [-0.39, 0.29) is 0 Å². The van der Waals surface area contributed by atoms with Crippen molar-refractivity contribution < 1.29 is 0 Å². The lowest BCUT2D eigenvalue weighted by Crippen LogP contribution is -2.56. The average molecular weight is 217 g/mol. The van der Waals surface area contributed by atoms with Gasteiger partial charge in [0, 0.05) is 26.2 Å². The molecule has 0 aliphatic carbocycles. The molecule has 0 amide bonds. The zero-order chi connectivity index (χ0) is 11.1. The molecule has 3 heteroatoms. The van der Waals surface area contributed by atoms with Crippen molar-refractivity contribution in [2.24, 2.45) is 0 Å². The number of aryl methyl sites for hydroxylation is 1. The van der Waals surface area contributed by atoms with Crippen molar-refractivity contribution in [1.82, 2.24) is 4.90 Å². The first-order valence-corrected chi connectivity index (χ1v) is 6.04. The summed E-state index contributed by atoms with van der Waals surface area (Å²) in [5, 5.41) is 3.55. The number of fused-ring (bicyclic) bond motifs is 3. The quantitative estimate of drug-likeness (QED) is 0.711. The fourth-order valence-electron chi connectivity index (χ4n) is 2.89. The van der Waals surface area contributed by atoms with Gasteiger partial charge in [-0.3, -0.25) is 0 Å². The molecular weight excluding hydrogens is 198 g/mol. The third kappa shape index (κ3) is 1.47. The molecule has 1 atom stereocenters. The lowest BCUT2D eigenvalue weighted by molar-refractivity contribution is 0.270. The average Bonchev–Trinajstić information content (AvgIpc) is 2.29. The fraction of sp³-hybridized carbons (Fsp3) is 0.538. The van der Waals surface area contributed by atoms with Crippen LogP contribution in [-0.2, 0) is 0 Å². The Kier molecular flexibility index (Phi) is 2.28. The third-order valence-electron chi connectivity index (χ3n) is 3.74. The number of benzene rings is 1. The van der Waals surface area contributed by atoms with Crippen molar-refractivity contribution >= 4 is 11.4 Å². The van der Waals surface area contributed by atoms with E-state index in [2.05, 4.69) is 47.3 Å². The predicted molar refractivity (Wildman–Crippen MR) is 68.3 cm³/mol. The van der Waals surface area contributed by atoms with Crippen LogP contribution in [0.3, 0.4) is 0 Å². The highest BCUT2D eigenvalue weighted by Crippen LogP contribution is 2.35. The van der Waals surface area contributed by atoms with Gasteiger partial charge in [0.25, 0.3) is 0 Å². The fourth-order valence-corrected chi connectivity index (χ4v) is 2.89. The van der Waals surface area contributed by atoms with Gasteiger partial charge in [0.05, 0.1) is 17.4 Å². The number of rotatable bonds is 0. The van der Waals surface area contributed by atoms with Gasteiger partial charge in [0.15, 0.2) is 0 Å². The zero-order valence-corrected chi connectivity index (χ0v) is 10.0. The van der Waals surface area contributed by atoms with Gasteiger partial charge in [-0.05, 0) is 25.6 Å². The minimum atomic E-state index is 0.632. The second kappa shape index (κ2) is 3.67. The van der Waals surface area contributed by atoms with E-state index in [0.717, 1.165) is 13.1 Å². The molecule has 1 unspecified atom stereocenters. The highest BCUT2D eigenvalue weighted by Gasteiger charge is 2.30. The topological polar surface area (TPSA) is 18.5 Å². The minimum absolute atomic E-state index is 0.632. The van der Waals surface area contributed by atoms with E-state index in [1.165, 1.54) is 30.0 Å². The molecule has 1 aromatic rings. The SMILES string of the molecule is Cc1cccc2c1N1CCN(C)CC1CN2. The van der Waals surface area contributed by atoms with Crippen LogP contribution in [-0.4, -0.2) is 44.2 Å². The van der Waals surface area contributed by atoms with E-state index in [1.807, 2.05) is 0 Å². The molecule has 2 aliphatic rings. The number of para-hydroxylation sites is 1. The molecule has 1 fully saturated rings. The lowest BCUT2D eigenvalue weighted by atomic mass is 10.0. The van der Waals surface area contributed by atoms with Crippen LogP contribution in [0.25, 0.3) is 0 Å². The van der Waals surface area contributed by atoms with E-state index in [9.17, 15) is 0 Å². The van der Waals surface area contributed by atoms with Gasteiger partial charge in [-0.1, -0.05) is 12.1 Å². The van der Waals surface area contributed by atoms with Crippen LogP contribution in [0.5, 0.6) is 0 Å². The molecule has 2 aliphatic heterocycles. The van der Waals surface area contributed by atoms with Crippen molar-refractivity contribution in [2.45, 2.75) is 13.0 Å². The maximum atomic E-state index is 3.55. The third-order valence-corrected chi connectivity index (χ3v) is 3.74. The monoisotopic (exact) mass is 217 g/mol. The van der Waals surface area contributed by atoms with Crippen molar-refractivity contribution in [3.63, 3.8) is 0 Å². The summed E-state index contributed by atoms with van der Waals surface area (Å²) < 4.78 is 0. The van der Waals surface area contributed by atoms with Gasteiger partial charge in [-0.2, -0.15) is 0 Å². The lowest BCUT2D eigenvalue weighted by Gasteiger charge is -2.46. The summed E-state index contributed by atoms with van der Waals surface area (Å²) in [6.45, 7) is 6.77. The minimum Gasteiger partial charge on any atom is -0.381 e. The van der Waals surface area contributed by atoms with Gasteiger partial charge in [-0.15, -0.1) is 0 Å². The number of hydrogen-bond donors (Lipinski definition) is 1. The summed E-state index contributed by atoms with van der Waals surface area (Å²) in [7, 11) is 2.21. The van der Waals surface area contributed by atoms with Gasteiger partial charge >= 0.3 is 0 Å². The van der Waals surface area contributed by atoms with E-state index >= 15 is 0 Å². The molecule has 1 aromatic carbocycles. The number of hydrogen-bond acceptors (Lipinski definition) is 3. The highest BCUT2D eigenvalue weighted by molar-refractivity contribution is 5.76. The molecular formula is C13H19N3. The van der Waals surface area contributed by atoms with Gasteiger partial charge in [-0.25, -0.2) is 0 Å². The van der Waals surface area contributed by atoms with E-state index in [4.69, 9.17) is 0 Å². The molecule has 0 spiro atoms. The molecule has 1 N–H and O–H groups in total. The summed E-state index contributed by atoms with van der Waals surface area (Å²) in [4.78, 5) is 5.01. The number of likely N-dealkylation sites (N-methyl/N-ethyl adjacent to an activating group) is 1. The first-order valence-electron chi connectivity index (χ1n) is 6.04. The van der Waals surface area contributed by atoms with Gasteiger partial charge in [0.2, 0.25) is 0 Å². The number of nitrogens with zero attached hydrogens (tertiary/aromatic N) is 2. The first-order chi connectivity index (χ1) is 7.75. The van der Waals surface area contributed by atoms with Crippen LogP contribution < -0.4 is 10.2 Å². The van der Waals surface area contributed by atoms with Crippen LogP contribution in [0.4, 0.5) is 11.4 Å². The van der Waals surface area contributed by atoms with E-state index in [0.29, 0.717) is 6.04 Å². The van der Waals surface area contributed by atoms with Crippen molar-refractivity contribution in [1.29, 1.82) is 0 Å². The zero-order valence-electron chi connectivity index (χ0n) is 10.0. The van der Waals surface area contributed by atoms with Crippen LogP contribution in [0, 0.1) is 6.92 Å². The van der Waals surface area contributed by atoms with Crippen LogP contribution in [0.15, 0.2) is 18.2 Å². The molecule has 0 aromatic heterocycles. The van der Waals surface area contributed by atoms with E-state index in [1.54, 1.807) is 0 Å². The largest absolute Gasteiger partial charge is 0.381 e. The molecule has 0 radical (unpaired) electrons. The Labute approximate surface area is 97.0 Å². The van der Waals surface area contributed by atoms with E-state index < -0.39 is 0 Å². The van der Waals surface area contributed by atoms with Crippen LogP contribution in [0.2, 0.25) is 0 Å². The Bertz CT molecular complexity index is 402. The number of anilines is 2. The number of piperazine rings is 1. The Morgan fingerprint density at radius 1 is 1.31 bits per heavy atom. The summed E-state index contributed by atoms with van der Waals surface area (Å²) in [5.41, 5.74) is 4.12. The molecule has 3 nitrogen and oxygen atoms in total. The summed E-state index contributed by atoms with van der Waals surface area (Å²) in [6, 6.07) is 7.17. The molecule has 0 saturated carbocycles. The number of nitrogens with one attached hydrogen (secondary N) is 1. The molecule has 86 valence electrons. The van der Waals surface area contributed by atoms with Crippen molar-refractivity contribution in [3.8, 4) is 0 Å². The Morgan fingerprint density at radius 3 is 3.06 bits per heavy atom. The Morgan fingerprint density at radius 2 is 2.19 bits per heavy atom. The maximum Gasteiger partial charge on any atom is 0.0635 e. The van der Waals surface area contributed by atoms with Crippen molar-refractivity contribution in [3.05, 3.63) is 23.8 Å². The van der Waals surface area contributed by atoms with Crippen molar-refractivity contribution in [2.75, 3.05) is 43.4 Å². The molecule has 1 saturated heterocycles. The second-order valence-corrected chi connectivity index (χ2v) is 4.96. The highest BCUT2D eigenvalue weighted by atomic mass is 15.3. The maximum absolute atomic E-state index is 3.55. The standard InChI is InChI=1S/C13H19N3/c1-10-4-3-5-12-13(10)16-7-6-15(2)9-11(16)8-14-12/h3-5,11,14H,6-9H2,1-2H3. The normalized spacial score (nSPS) is 24.6. The van der Waals surface area contributed by atoms with Gasteiger partial charge in [0.1, 0.15) is 0 Å². The Balaban J connectivity index is 1.99. The molecule has 0 bridgehead atoms. The summed E-state index contributed by atoms with van der Waals surface area (Å²) >= 11 is 0. The predicted octanol–water partition coefficient (Wildman–Crippen LogP) is 1.54. The Hall–Kier alpha value is -1.22. The smallest absolute Gasteiger partial charge is 0.0635 e. The van der Waals surface area contributed by atoms with Crippen LogP contribution in [0.1, 0.15) is 5.56 Å². The molecule has 2 heterocycles. The summed E-state index contributed by atoms with van der Waals surface area (Å²) in [5.74, 6) is 0. The molecule has 16 heavy (non-hydrogen) atoms. The second-order valence-electron chi connectivity index (χ2n) is 4.96. The van der Waals surface area contributed by atoms with Crippen LogP contribution >= 0.6 is 0 Å². The van der Waals surface area contributed by atoms with Gasteiger partial charge < -0.3 is 15.1 Å². The first kappa shape index (κ1) is 9.97. The summed E-state index contributed by atoms with van der Waals surface area (Å²) in [6.07, 6.45) is 0.